The topological polar surface area (TPSA) is 89.7 Å². The molecule has 1 aliphatic carbocycles. The first-order valence-electron chi connectivity index (χ1n) is 10.5. The Balaban J connectivity index is 1.46. The number of carbonyl (C=O) groups excluding carboxylic acids is 1. The van der Waals surface area contributed by atoms with Crippen LogP contribution in [0.4, 0.5) is 4.39 Å². The maximum absolute atomic E-state index is 15.2. The van der Waals surface area contributed by atoms with Crippen molar-refractivity contribution in [2.24, 2.45) is 0 Å². The minimum atomic E-state index is -0.692. The van der Waals surface area contributed by atoms with Gasteiger partial charge in [0.05, 0.1) is 24.8 Å². The van der Waals surface area contributed by atoms with Crippen molar-refractivity contribution in [2.75, 3.05) is 13.8 Å². The van der Waals surface area contributed by atoms with Gasteiger partial charge in [0.15, 0.2) is 18.2 Å². The Labute approximate surface area is 184 Å². The molecule has 166 valence electrons. The molecule has 0 radical (unpaired) electrons. The molecule has 3 aromatic rings. The van der Waals surface area contributed by atoms with Gasteiger partial charge in [-0.15, -0.1) is 0 Å². The molecule has 3 heterocycles. The Morgan fingerprint density at radius 2 is 2.22 bits per heavy atom. The van der Waals surface area contributed by atoms with E-state index in [4.69, 9.17) is 9.47 Å². The van der Waals surface area contributed by atoms with Gasteiger partial charge < -0.3 is 14.6 Å². The van der Waals surface area contributed by atoms with Gasteiger partial charge in [-0.2, -0.15) is 4.39 Å². The van der Waals surface area contributed by atoms with Crippen molar-refractivity contribution in [2.45, 2.75) is 37.8 Å². The minimum Gasteiger partial charge on any atom is -0.493 e. The molecule has 32 heavy (non-hydrogen) atoms. The van der Waals surface area contributed by atoms with E-state index in [0.717, 1.165) is 12.0 Å². The van der Waals surface area contributed by atoms with Crippen LogP contribution in [-0.2, 0) is 6.42 Å². The fourth-order valence-corrected chi connectivity index (χ4v) is 4.49. The first kappa shape index (κ1) is 20.4. The Hall–Kier alpha value is -3.46. The van der Waals surface area contributed by atoms with Crippen molar-refractivity contribution in [3.63, 3.8) is 0 Å². The highest BCUT2D eigenvalue weighted by atomic mass is 19.1. The number of carbonyl (C=O) groups is 1. The summed E-state index contributed by atoms with van der Waals surface area (Å²) in [7, 11) is 1.39. The molecule has 0 spiro atoms. The van der Waals surface area contributed by atoms with Gasteiger partial charge in [0.25, 0.3) is 5.91 Å². The summed E-state index contributed by atoms with van der Waals surface area (Å²) in [6, 6.07) is 5.04. The molecule has 0 unspecified atom stereocenters. The highest BCUT2D eigenvalue weighted by Crippen LogP contribution is 2.39. The van der Waals surface area contributed by atoms with E-state index in [0.29, 0.717) is 30.6 Å². The maximum atomic E-state index is 15.2. The minimum absolute atomic E-state index is 0.0459. The molecule has 1 amide bonds. The zero-order valence-electron chi connectivity index (χ0n) is 17.6. The molecule has 2 aliphatic rings. The molecule has 1 N–H and O–H groups in total. The summed E-state index contributed by atoms with van der Waals surface area (Å²) < 4.78 is 28.0. The van der Waals surface area contributed by atoms with E-state index in [2.05, 4.69) is 9.97 Å². The number of rotatable bonds is 5. The molecule has 0 saturated heterocycles. The second kappa shape index (κ2) is 8.23. The summed E-state index contributed by atoms with van der Waals surface area (Å²) in [5.41, 5.74) is 1.50. The number of aliphatic hydroxyl groups is 1. The second-order valence-electron chi connectivity index (χ2n) is 8.04. The van der Waals surface area contributed by atoms with E-state index >= 15 is 4.39 Å². The summed E-state index contributed by atoms with van der Waals surface area (Å²) in [5.74, 6) is -0.377. The molecule has 8 nitrogen and oxygen atoms in total. The lowest BCUT2D eigenvalue weighted by molar-refractivity contribution is 0.0114. The van der Waals surface area contributed by atoms with Crippen molar-refractivity contribution in [3.8, 4) is 17.3 Å². The van der Waals surface area contributed by atoms with Gasteiger partial charge in [-0.1, -0.05) is 6.07 Å². The van der Waals surface area contributed by atoms with Crippen molar-refractivity contribution in [1.82, 2.24) is 19.4 Å². The Morgan fingerprint density at radius 3 is 2.88 bits per heavy atom. The van der Waals surface area contributed by atoms with Crippen molar-refractivity contribution in [3.05, 3.63) is 65.6 Å². The number of amides is 1. The Bertz CT molecular complexity index is 1130. The van der Waals surface area contributed by atoms with Crippen molar-refractivity contribution in [1.29, 1.82) is 0 Å². The number of hydrogen-bond acceptors (Lipinski definition) is 6. The van der Waals surface area contributed by atoms with Crippen LogP contribution in [0.25, 0.3) is 5.82 Å². The van der Waals surface area contributed by atoms with Gasteiger partial charge in [0, 0.05) is 30.6 Å². The third-order valence-electron chi connectivity index (χ3n) is 6.11. The number of benzene rings is 1. The Kier molecular flexibility index (Phi) is 5.26. The molecule has 9 heteroatoms. The number of fused-ring (bicyclic) bond motifs is 1. The lowest BCUT2D eigenvalue weighted by atomic mass is 9.99. The molecule has 1 aromatic carbocycles. The van der Waals surface area contributed by atoms with E-state index in [-0.39, 0.29) is 35.7 Å². The summed E-state index contributed by atoms with van der Waals surface area (Å²) in [5, 5.41) is 10.2. The number of aliphatic hydroxyl groups excluding tert-OH is 1. The standard InChI is InChI=1S/C23H23FN4O4/c1-31-21-15(9-14-5-6-19(26-11-14)27-8-7-25-12-27)10-16-22(20(21)24)32-13-28(23(16)30)17-3-2-4-18(17)29/h5-8,10-12,17-18,29H,2-4,9,13H2,1H3/t17-,18-/m1/s1. The highest BCUT2D eigenvalue weighted by molar-refractivity contribution is 5.98. The van der Waals surface area contributed by atoms with Gasteiger partial charge >= 0.3 is 0 Å². The third-order valence-corrected chi connectivity index (χ3v) is 6.11. The van der Waals surface area contributed by atoms with Crippen LogP contribution in [0, 0.1) is 5.82 Å². The van der Waals surface area contributed by atoms with E-state index in [1.807, 2.05) is 12.1 Å². The molecule has 1 aliphatic heterocycles. The van der Waals surface area contributed by atoms with Crippen LogP contribution >= 0.6 is 0 Å². The Morgan fingerprint density at radius 1 is 1.34 bits per heavy atom. The smallest absolute Gasteiger partial charge is 0.260 e. The van der Waals surface area contributed by atoms with Crippen LogP contribution < -0.4 is 9.47 Å². The van der Waals surface area contributed by atoms with E-state index in [1.54, 1.807) is 35.6 Å². The first-order chi connectivity index (χ1) is 15.6. The fraction of sp³-hybridized carbons (Fsp3) is 0.348. The van der Waals surface area contributed by atoms with Crippen molar-refractivity contribution < 1.29 is 23.8 Å². The molecular formula is C23H23FN4O4. The number of nitrogens with zero attached hydrogens (tertiary/aromatic N) is 4. The fourth-order valence-electron chi connectivity index (χ4n) is 4.49. The quantitative estimate of drug-likeness (QED) is 0.659. The number of methoxy groups -OCH3 is 1. The van der Waals surface area contributed by atoms with Gasteiger partial charge in [0.1, 0.15) is 12.1 Å². The lowest BCUT2D eigenvalue weighted by Crippen LogP contribution is -2.48. The average molecular weight is 438 g/mol. The summed E-state index contributed by atoms with van der Waals surface area (Å²) >= 11 is 0. The molecule has 1 saturated carbocycles. The third kappa shape index (κ3) is 3.48. The number of ether oxygens (including phenoxy) is 2. The normalized spacial score (nSPS) is 20.2. The maximum Gasteiger partial charge on any atom is 0.260 e. The average Bonchev–Trinajstić information content (AvgIpc) is 3.48. The molecule has 2 aromatic heterocycles. The van der Waals surface area contributed by atoms with Gasteiger partial charge in [-0.25, -0.2) is 9.97 Å². The van der Waals surface area contributed by atoms with Gasteiger partial charge in [-0.05, 0) is 37.0 Å². The van der Waals surface area contributed by atoms with E-state index < -0.39 is 11.9 Å². The molecule has 2 atom stereocenters. The summed E-state index contributed by atoms with van der Waals surface area (Å²) in [6.45, 7) is -0.0907. The predicted octanol–water partition coefficient (Wildman–Crippen LogP) is 2.71. The van der Waals surface area contributed by atoms with E-state index in [1.165, 1.54) is 12.0 Å². The number of pyridine rings is 1. The van der Waals surface area contributed by atoms with Crippen molar-refractivity contribution >= 4 is 5.91 Å². The number of aromatic nitrogens is 3. The molecular weight excluding hydrogens is 415 g/mol. The van der Waals surface area contributed by atoms with Crippen LogP contribution in [-0.4, -0.2) is 56.4 Å². The SMILES string of the molecule is COc1c(Cc2ccc(-n3ccnc3)nc2)cc2c(c1F)OCN([C@@H]1CCC[C@H]1O)C2=O. The van der Waals surface area contributed by atoms with E-state index in [9.17, 15) is 9.90 Å². The van der Waals surface area contributed by atoms with Crippen LogP contribution in [0.15, 0.2) is 43.1 Å². The van der Waals surface area contributed by atoms with Crippen LogP contribution in [0.5, 0.6) is 11.5 Å². The van der Waals surface area contributed by atoms with Crippen LogP contribution in [0.2, 0.25) is 0 Å². The number of halogens is 1. The van der Waals surface area contributed by atoms with Gasteiger partial charge in [-0.3, -0.25) is 14.3 Å². The largest absolute Gasteiger partial charge is 0.493 e. The highest BCUT2D eigenvalue weighted by Gasteiger charge is 2.39. The monoisotopic (exact) mass is 438 g/mol. The van der Waals surface area contributed by atoms with Crippen LogP contribution in [0.3, 0.4) is 0 Å². The summed E-state index contributed by atoms with van der Waals surface area (Å²) in [6.07, 6.45) is 8.74. The van der Waals surface area contributed by atoms with Gasteiger partial charge in [0.2, 0.25) is 5.82 Å². The first-order valence-corrected chi connectivity index (χ1v) is 10.5. The lowest BCUT2D eigenvalue weighted by Gasteiger charge is -2.35. The summed E-state index contributed by atoms with van der Waals surface area (Å²) in [4.78, 5) is 23.1. The predicted molar refractivity (Wildman–Crippen MR) is 112 cm³/mol. The zero-order chi connectivity index (χ0) is 22.2. The second-order valence-corrected chi connectivity index (χ2v) is 8.04. The van der Waals surface area contributed by atoms with Crippen LogP contribution in [0.1, 0.15) is 40.7 Å². The molecule has 5 rings (SSSR count). The molecule has 1 fully saturated rings. The zero-order valence-corrected chi connectivity index (χ0v) is 17.6. The number of hydrogen-bond donors (Lipinski definition) is 1. The number of imidazole rings is 1. The molecule has 0 bridgehead atoms.